The lowest BCUT2D eigenvalue weighted by molar-refractivity contribution is 0.122. The second kappa shape index (κ2) is 8.43. The minimum atomic E-state index is -0.167. The molecule has 0 atom stereocenters. The van der Waals surface area contributed by atoms with E-state index in [2.05, 4.69) is 32.3 Å². The molecule has 0 radical (unpaired) electrons. The van der Waals surface area contributed by atoms with Crippen molar-refractivity contribution in [3.8, 4) is 11.3 Å². The van der Waals surface area contributed by atoms with Gasteiger partial charge in [0.2, 0.25) is 0 Å². The molecule has 0 bridgehead atoms. The van der Waals surface area contributed by atoms with Crippen LogP contribution in [0.5, 0.6) is 0 Å². The molecule has 1 aliphatic heterocycles. The predicted octanol–water partition coefficient (Wildman–Crippen LogP) is 4.18. The summed E-state index contributed by atoms with van der Waals surface area (Å²) in [5.74, 6) is 0.530. The van der Waals surface area contributed by atoms with Crippen LogP contribution in [0, 0.1) is 13.8 Å². The van der Waals surface area contributed by atoms with Crippen molar-refractivity contribution in [2.24, 2.45) is 0 Å². The van der Waals surface area contributed by atoms with Gasteiger partial charge in [0.15, 0.2) is 0 Å². The maximum atomic E-state index is 12.7. The highest BCUT2D eigenvalue weighted by atomic mass is 16.5. The molecule has 4 heterocycles. The van der Waals surface area contributed by atoms with Gasteiger partial charge in [0.25, 0.3) is 5.56 Å². The Morgan fingerprint density at radius 1 is 1.06 bits per heavy atom. The van der Waals surface area contributed by atoms with E-state index in [1.165, 1.54) is 0 Å². The Kier molecular flexibility index (Phi) is 5.33. The molecule has 3 aromatic heterocycles. The van der Waals surface area contributed by atoms with Crippen molar-refractivity contribution >= 4 is 28.0 Å². The van der Waals surface area contributed by atoms with Crippen molar-refractivity contribution < 1.29 is 4.74 Å². The third-order valence-electron chi connectivity index (χ3n) is 5.80. The van der Waals surface area contributed by atoms with Crippen LogP contribution < -0.4 is 15.8 Å². The summed E-state index contributed by atoms with van der Waals surface area (Å²) in [5, 5.41) is 4.79. The molecule has 5 rings (SSSR count). The van der Waals surface area contributed by atoms with Crippen LogP contribution in [0.25, 0.3) is 22.0 Å². The smallest absolute Gasteiger partial charge is 0.259 e. The van der Waals surface area contributed by atoms with Gasteiger partial charge in [0.1, 0.15) is 5.82 Å². The van der Waals surface area contributed by atoms with Gasteiger partial charge in [-0.25, -0.2) is 4.98 Å². The van der Waals surface area contributed by atoms with Crippen molar-refractivity contribution in [3.63, 3.8) is 0 Å². The monoisotopic (exact) mass is 427 g/mol. The quantitative estimate of drug-likeness (QED) is 0.508. The molecule has 0 aliphatic carbocycles. The van der Waals surface area contributed by atoms with E-state index in [1.54, 1.807) is 6.20 Å². The molecule has 2 N–H and O–H groups in total. The van der Waals surface area contributed by atoms with E-state index in [0.29, 0.717) is 11.2 Å². The van der Waals surface area contributed by atoms with E-state index in [9.17, 15) is 4.79 Å². The molecular formula is C25H25N5O2. The number of rotatable bonds is 4. The number of aromatic amines is 1. The molecule has 162 valence electrons. The highest BCUT2D eigenvalue weighted by Gasteiger charge is 2.15. The van der Waals surface area contributed by atoms with Crippen LogP contribution in [0.2, 0.25) is 0 Å². The number of nitrogens with one attached hydrogen (secondary N) is 2. The fraction of sp³-hybridized carbons (Fsp3) is 0.240. The van der Waals surface area contributed by atoms with E-state index in [4.69, 9.17) is 9.72 Å². The van der Waals surface area contributed by atoms with Gasteiger partial charge in [0.05, 0.1) is 24.3 Å². The zero-order chi connectivity index (χ0) is 22.1. The molecule has 1 fully saturated rings. The molecule has 1 aromatic carbocycles. The van der Waals surface area contributed by atoms with Crippen LogP contribution >= 0.6 is 0 Å². The lowest BCUT2D eigenvalue weighted by atomic mass is 10.1. The predicted molar refractivity (Wildman–Crippen MR) is 128 cm³/mol. The number of hydrogen-bond acceptors (Lipinski definition) is 6. The highest BCUT2D eigenvalue weighted by Crippen LogP contribution is 2.30. The van der Waals surface area contributed by atoms with Crippen molar-refractivity contribution in [3.05, 3.63) is 76.5 Å². The van der Waals surface area contributed by atoms with E-state index < -0.39 is 0 Å². The van der Waals surface area contributed by atoms with Crippen LogP contribution in [-0.4, -0.2) is 41.3 Å². The van der Waals surface area contributed by atoms with Gasteiger partial charge < -0.3 is 19.9 Å². The van der Waals surface area contributed by atoms with Gasteiger partial charge in [-0.2, -0.15) is 0 Å². The number of H-pyrrole nitrogens is 1. The normalized spacial score (nSPS) is 14.0. The summed E-state index contributed by atoms with van der Waals surface area (Å²) in [7, 11) is 0. The zero-order valence-electron chi connectivity index (χ0n) is 18.2. The Hall–Kier alpha value is -3.71. The average Bonchev–Trinajstić information content (AvgIpc) is 2.83. The number of pyridine rings is 3. The number of fused-ring (bicyclic) bond motifs is 1. The molecule has 0 amide bonds. The molecular weight excluding hydrogens is 402 g/mol. The molecule has 1 saturated heterocycles. The van der Waals surface area contributed by atoms with Gasteiger partial charge in [-0.05, 0) is 67.3 Å². The number of aromatic nitrogens is 3. The lowest BCUT2D eigenvalue weighted by Gasteiger charge is -2.28. The SMILES string of the molecule is Cc1ccc(-c2cc3c(C)c[nH]c(=O)c3c(Nc3ccc(N4CCOCC4)cc3)n2)cn1. The molecule has 1 aliphatic rings. The van der Waals surface area contributed by atoms with Crippen LogP contribution in [0.3, 0.4) is 0 Å². The lowest BCUT2D eigenvalue weighted by Crippen LogP contribution is -2.36. The van der Waals surface area contributed by atoms with Crippen LogP contribution in [0.1, 0.15) is 11.3 Å². The Morgan fingerprint density at radius 3 is 2.56 bits per heavy atom. The minimum absolute atomic E-state index is 0.167. The van der Waals surface area contributed by atoms with Crippen molar-refractivity contribution in [2.75, 3.05) is 36.5 Å². The average molecular weight is 428 g/mol. The first-order valence-electron chi connectivity index (χ1n) is 10.7. The summed E-state index contributed by atoms with van der Waals surface area (Å²) in [4.78, 5) is 27.1. The summed E-state index contributed by atoms with van der Waals surface area (Å²) in [6, 6.07) is 14.1. The number of anilines is 3. The Balaban J connectivity index is 1.55. The maximum absolute atomic E-state index is 12.7. The summed E-state index contributed by atoms with van der Waals surface area (Å²) < 4.78 is 5.44. The van der Waals surface area contributed by atoms with E-state index in [0.717, 1.165) is 65.6 Å². The summed E-state index contributed by atoms with van der Waals surface area (Å²) in [6.07, 6.45) is 3.55. The molecule has 4 aromatic rings. The molecule has 32 heavy (non-hydrogen) atoms. The molecule has 0 saturated carbocycles. The second-order valence-electron chi connectivity index (χ2n) is 8.04. The molecule has 0 spiro atoms. The van der Waals surface area contributed by atoms with E-state index >= 15 is 0 Å². The first-order chi connectivity index (χ1) is 15.6. The number of aryl methyl sites for hydroxylation is 2. The minimum Gasteiger partial charge on any atom is -0.378 e. The van der Waals surface area contributed by atoms with Crippen LogP contribution in [0.4, 0.5) is 17.2 Å². The number of benzene rings is 1. The van der Waals surface area contributed by atoms with Crippen LogP contribution in [0.15, 0.2) is 59.7 Å². The summed E-state index contributed by atoms with van der Waals surface area (Å²) in [5.41, 5.74) is 5.46. The van der Waals surface area contributed by atoms with Gasteiger partial charge >= 0.3 is 0 Å². The van der Waals surface area contributed by atoms with E-state index in [-0.39, 0.29) is 5.56 Å². The fourth-order valence-electron chi connectivity index (χ4n) is 3.98. The summed E-state index contributed by atoms with van der Waals surface area (Å²) >= 11 is 0. The van der Waals surface area contributed by atoms with Crippen molar-refractivity contribution in [2.45, 2.75) is 13.8 Å². The Bertz CT molecular complexity index is 1310. The van der Waals surface area contributed by atoms with Gasteiger partial charge in [-0.3, -0.25) is 9.78 Å². The Labute approximate surface area is 186 Å². The van der Waals surface area contributed by atoms with Gasteiger partial charge in [-0.1, -0.05) is 0 Å². The summed E-state index contributed by atoms with van der Waals surface area (Å²) in [6.45, 7) is 7.21. The van der Waals surface area contributed by atoms with Gasteiger partial charge in [-0.15, -0.1) is 0 Å². The molecule has 7 heteroatoms. The largest absolute Gasteiger partial charge is 0.378 e. The number of nitrogens with zero attached hydrogens (tertiary/aromatic N) is 3. The van der Waals surface area contributed by atoms with Crippen molar-refractivity contribution in [1.29, 1.82) is 0 Å². The number of ether oxygens (including phenoxy) is 1. The second-order valence-corrected chi connectivity index (χ2v) is 8.04. The standard InChI is InChI=1S/C25H25N5O2/c1-16-14-27-25(31)23-21(16)13-22(18-4-3-17(2)26-15-18)29-24(23)28-19-5-7-20(8-6-19)30-9-11-32-12-10-30/h3-8,13-15H,9-12H2,1-2H3,(H,27,31)(H,28,29). The van der Waals surface area contributed by atoms with Crippen LogP contribution in [-0.2, 0) is 4.74 Å². The Morgan fingerprint density at radius 2 is 1.84 bits per heavy atom. The third-order valence-corrected chi connectivity index (χ3v) is 5.80. The molecule has 7 nitrogen and oxygen atoms in total. The first-order valence-corrected chi connectivity index (χ1v) is 10.7. The highest BCUT2D eigenvalue weighted by molar-refractivity contribution is 5.97. The number of hydrogen-bond donors (Lipinski definition) is 2. The van der Waals surface area contributed by atoms with E-state index in [1.807, 2.05) is 50.4 Å². The number of morpholine rings is 1. The topological polar surface area (TPSA) is 83.1 Å². The third kappa shape index (κ3) is 3.94. The maximum Gasteiger partial charge on any atom is 0.259 e. The zero-order valence-corrected chi connectivity index (χ0v) is 18.2. The first kappa shape index (κ1) is 20.2. The van der Waals surface area contributed by atoms with Gasteiger partial charge in [0, 0.05) is 48.1 Å². The fourth-order valence-corrected chi connectivity index (χ4v) is 3.98. The molecule has 0 unspecified atom stereocenters. The van der Waals surface area contributed by atoms with Crippen molar-refractivity contribution in [1.82, 2.24) is 15.0 Å².